The molecule has 0 saturated heterocycles. The van der Waals surface area contributed by atoms with Crippen LogP contribution in [0.25, 0.3) is 0 Å². The van der Waals surface area contributed by atoms with Gasteiger partial charge in [-0.25, -0.2) is 0 Å². The fraction of sp³-hybridized carbons (Fsp3) is 0.571. The molecule has 90 valence electrons. The van der Waals surface area contributed by atoms with E-state index >= 15 is 0 Å². The molecule has 0 aliphatic carbocycles. The van der Waals surface area contributed by atoms with Crippen molar-refractivity contribution in [1.82, 2.24) is 9.36 Å². The molecule has 1 aromatic heterocycles. The molecular weight excluding hydrogens is 247 g/mol. The molecule has 0 spiro atoms. The Hall–Kier alpha value is -1.38. The minimum absolute atomic E-state index is 0.0395. The minimum Gasteiger partial charge on any atom is -0.481 e. The number of nitrogens with one attached hydrogen (secondary N) is 1. The molecule has 0 aliphatic rings. The summed E-state index contributed by atoms with van der Waals surface area (Å²) in [7, 11) is 0. The number of anilines is 1. The maximum Gasteiger partial charge on any atom is 0.452 e. The van der Waals surface area contributed by atoms with Crippen molar-refractivity contribution in [3.05, 3.63) is 5.82 Å². The molecule has 1 rings (SSSR count). The van der Waals surface area contributed by atoms with Gasteiger partial charge in [-0.15, -0.1) is 0 Å². The first-order valence-corrected chi connectivity index (χ1v) is 5.03. The molecule has 0 aromatic carbocycles. The predicted octanol–water partition coefficient (Wildman–Crippen LogP) is 1.83. The third kappa shape index (κ3) is 4.01. The van der Waals surface area contributed by atoms with Gasteiger partial charge in [-0.05, 0) is 6.42 Å². The molecule has 1 aromatic rings. The summed E-state index contributed by atoms with van der Waals surface area (Å²) in [6.45, 7) is 0.249. The molecule has 1 heterocycles. The lowest BCUT2D eigenvalue weighted by molar-refractivity contribution is -0.144. The Balaban J connectivity index is 2.38. The van der Waals surface area contributed by atoms with Gasteiger partial charge in [0.25, 0.3) is 0 Å². The SMILES string of the molecule is O=C(O)CCCNc1nc(C(F)(F)F)ns1. The van der Waals surface area contributed by atoms with Crippen LogP contribution in [0.2, 0.25) is 0 Å². The monoisotopic (exact) mass is 255 g/mol. The van der Waals surface area contributed by atoms with E-state index in [-0.39, 0.29) is 18.1 Å². The first kappa shape index (κ1) is 12.7. The van der Waals surface area contributed by atoms with E-state index in [0.717, 1.165) is 0 Å². The molecule has 0 saturated carbocycles. The summed E-state index contributed by atoms with van der Waals surface area (Å²) in [6.07, 6.45) is -4.27. The number of hydrogen-bond donors (Lipinski definition) is 2. The summed E-state index contributed by atoms with van der Waals surface area (Å²) in [5, 5.41) is 10.9. The quantitative estimate of drug-likeness (QED) is 0.785. The molecule has 0 radical (unpaired) electrons. The number of aromatic nitrogens is 2. The first-order valence-electron chi connectivity index (χ1n) is 4.26. The summed E-state index contributed by atoms with van der Waals surface area (Å²) < 4.78 is 39.3. The summed E-state index contributed by atoms with van der Waals surface area (Å²) in [5.74, 6) is -2.13. The van der Waals surface area contributed by atoms with Gasteiger partial charge in [-0.2, -0.15) is 22.5 Å². The van der Waals surface area contributed by atoms with E-state index in [2.05, 4.69) is 14.7 Å². The maximum absolute atomic E-state index is 12.1. The first-order chi connectivity index (χ1) is 7.39. The number of alkyl halides is 3. The van der Waals surface area contributed by atoms with Gasteiger partial charge in [0.05, 0.1) is 0 Å². The number of halogens is 3. The standard InChI is InChI=1S/C7H8F3N3O2S/c8-7(9,10)5-12-6(16-13-5)11-3-1-2-4(14)15/h1-3H2,(H,14,15)(H,11,12,13). The molecule has 0 atom stereocenters. The van der Waals surface area contributed by atoms with Crippen LogP contribution < -0.4 is 5.32 Å². The second-order valence-electron chi connectivity index (χ2n) is 2.84. The number of carbonyl (C=O) groups is 1. The van der Waals surface area contributed by atoms with E-state index in [9.17, 15) is 18.0 Å². The zero-order valence-corrected chi connectivity index (χ0v) is 8.73. The van der Waals surface area contributed by atoms with Gasteiger partial charge >= 0.3 is 12.1 Å². The van der Waals surface area contributed by atoms with Crippen molar-refractivity contribution in [3.8, 4) is 0 Å². The fourth-order valence-electron chi connectivity index (χ4n) is 0.845. The van der Waals surface area contributed by atoms with E-state index in [1.54, 1.807) is 0 Å². The van der Waals surface area contributed by atoms with E-state index in [1.165, 1.54) is 0 Å². The largest absolute Gasteiger partial charge is 0.481 e. The van der Waals surface area contributed by atoms with Crippen LogP contribution in [0.1, 0.15) is 18.7 Å². The third-order valence-electron chi connectivity index (χ3n) is 1.52. The van der Waals surface area contributed by atoms with Crippen LogP contribution in [0.15, 0.2) is 0 Å². The van der Waals surface area contributed by atoms with Crippen molar-refractivity contribution in [1.29, 1.82) is 0 Å². The molecule has 9 heteroatoms. The average molecular weight is 255 g/mol. The van der Waals surface area contributed by atoms with Gasteiger partial charge in [-0.1, -0.05) is 0 Å². The zero-order chi connectivity index (χ0) is 12.2. The maximum atomic E-state index is 12.1. The summed E-state index contributed by atoms with van der Waals surface area (Å²) >= 11 is 0.596. The van der Waals surface area contributed by atoms with E-state index in [0.29, 0.717) is 18.0 Å². The van der Waals surface area contributed by atoms with Gasteiger partial charge in [0, 0.05) is 24.5 Å². The molecule has 0 unspecified atom stereocenters. The number of aliphatic carboxylic acids is 1. The molecule has 16 heavy (non-hydrogen) atoms. The lowest BCUT2D eigenvalue weighted by Crippen LogP contribution is -2.08. The van der Waals surface area contributed by atoms with Crippen LogP contribution in [0, 0.1) is 0 Å². The van der Waals surface area contributed by atoms with E-state index < -0.39 is 18.0 Å². The number of carboxylic acids is 1. The number of carboxylic acid groups (broad SMARTS) is 1. The molecular formula is C7H8F3N3O2S. The molecule has 5 nitrogen and oxygen atoms in total. The highest BCUT2D eigenvalue weighted by Gasteiger charge is 2.36. The highest BCUT2D eigenvalue weighted by Crippen LogP contribution is 2.28. The van der Waals surface area contributed by atoms with Crippen LogP contribution in [0.5, 0.6) is 0 Å². The number of rotatable bonds is 5. The molecule has 2 N–H and O–H groups in total. The van der Waals surface area contributed by atoms with E-state index in [1.807, 2.05) is 0 Å². The van der Waals surface area contributed by atoms with Gasteiger partial charge in [0.2, 0.25) is 11.0 Å². The highest BCUT2D eigenvalue weighted by atomic mass is 32.1. The van der Waals surface area contributed by atoms with Gasteiger partial charge in [0.15, 0.2) is 0 Å². The van der Waals surface area contributed by atoms with Gasteiger partial charge in [-0.3, -0.25) is 4.79 Å². The predicted molar refractivity (Wildman–Crippen MR) is 50.3 cm³/mol. The average Bonchev–Trinajstić information content (AvgIpc) is 2.59. The Bertz CT molecular complexity index is 366. The molecule has 0 amide bonds. The van der Waals surface area contributed by atoms with Crippen LogP contribution in [0.4, 0.5) is 18.3 Å². The highest BCUT2D eigenvalue weighted by molar-refractivity contribution is 7.09. The van der Waals surface area contributed by atoms with Crippen molar-refractivity contribution in [2.45, 2.75) is 19.0 Å². The second-order valence-corrected chi connectivity index (χ2v) is 3.60. The Kier molecular flexibility index (Phi) is 4.05. The fourth-order valence-corrected chi connectivity index (χ4v) is 1.46. The Labute approximate surface area is 92.5 Å². The van der Waals surface area contributed by atoms with Gasteiger partial charge < -0.3 is 10.4 Å². The number of hydrogen-bond acceptors (Lipinski definition) is 5. The third-order valence-corrected chi connectivity index (χ3v) is 2.20. The zero-order valence-electron chi connectivity index (χ0n) is 7.91. The molecule has 0 fully saturated rings. The number of nitrogens with zero attached hydrogens (tertiary/aromatic N) is 2. The van der Waals surface area contributed by atoms with Crippen LogP contribution in [0.3, 0.4) is 0 Å². The van der Waals surface area contributed by atoms with E-state index in [4.69, 9.17) is 5.11 Å². The Morgan fingerprint density at radius 1 is 1.50 bits per heavy atom. The topological polar surface area (TPSA) is 75.1 Å². The lowest BCUT2D eigenvalue weighted by atomic mass is 10.3. The molecule has 0 bridgehead atoms. The molecule has 0 aliphatic heterocycles. The van der Waals surface area contributed by atoms with Gasteiger partial charge in [0.1, 0.15) is 0 Å². The van der Waals surface area contributed by atoms with Crippen LogP contribution in [-0.4, -0.2) is 27.0 Å². The van der Waals surface area contributed by atoms with Crippen molar-refractivity contribution in [2.24, 2.45) is 0 Å². The summed E-state index contributed by atoms with van der Waals surface area (Å²) in [5.41, 5.74) is 0. The van der Waals surface area contributed by atoms with Crippen LogP contribution >= 0.6 is 11.5 Å². The van der Waals surface area contributed by atoms with Crippen molar-refractivity contribution in [2.75, 3.05) is 11.9 Å². The Morgan fingerprint density at radius 3 is 2.69 bits per heavy atom. The second kappa shape index (κ2) is 5.10. The minimum atomic E-state index is -4.54. The summed E-state index contributed by atoms with van der Waals surface area (Å²) in [4.78, 5) is 13.4. The van der Waals surface area contributed by atoms with Crippen molar-refractivity contribution in [3.63, 3.8) is 0 Å². The summed E-state index contributed by atoms with van der Waals surface area (Å²) in [6, 6.07) is 0. The van der Waals surface area contributed by atoms with Crippen molar-refractivity contribution < 1.29 is 23.1 Å². The Morgan fingerprint density at radius 2 is 2.19 bits per heavy atom. The lowest BCUT2D eigenvalue weighted by Gasteiger charge is -2.00. The van der Waals surface area contributed by atoms with Crippen molar-refractivity contribution >= 4 is 22.6 Å². The normalized spacial score (nSPS) is 11.4. The van der Waals surface area contributed by atoms with Crippen LogP contribution in [-0.2, 0) is 11.0 Å². The smallest absolute Gasteiger partial charge is 0.452 e.